The molecule has 0 spiro atoms. The molecule has 1 aliphatic heterocycles. The largest absolute Gasteiger partial charge is 0.506 e. The van der Waals surface area contributed by atoms with Crippen molar-refractivity contribution < 1.29 is 44.7 Å². The zero-order chi connectivity index (χ0) is 29.3. The van der Waals surface area contributed by atoms with Gasteiger partial charge in [-0.05, 0) is 64.2 Å². The predicted octanol–water partition coefficient (Wildman–Crippen LogP) is 2.34. The van der Waals surface area contributed by atoms with Gasteiger partial charge in [0, 0.05) is 12.6 Å². The van der Waals surface area contributed by atoms with Crippen molar-refractivity contribution in [3.8, 4) is 5.75 Å². The van der Waals surface area contributed by atoms with Gasteiger partial charge in [0.2, 0.25) is 0 Å². The van der Waals surface area contributed by atoms with Crippen molar-refractivity contribution in [3.05, 3.63) is 27.4 Å². The molecular formula is C26H39N3O10S. The molecule has 6 N–H and O–H groups in total. The number of aromatic hydroxyl groups is 1. The number of piperidine rings is 1. The van der Waals surface area contributed by atoms with E-state index >= 15 is 0 Å². The quantitative estimate of drug-likeness (QED) is 0.211. The molecule has 0 radical (unpaired) electrons. The molecule has 2 aromatic rings. The number of nitrogens with zero attached hydrogens (tertiary/aromatic N) is 2. The Balaban J connectivity index is 0.000000489. The molecule has 0 aliphatic carbocycles. The fourth-order valence-corrected chi connectivity index (χ4v) is 5.31. The second kappa shape index (κ2) is 15.3. The molecule has 13 nitrogen and oxygen atoms in total. The normalized spacial score (nSPS) is 13.7. The number of likely N-dealkylation sites (tertiary alicyclic amines) is 1. The molecule has 2 aromatic heterocycles. The third-order valence-electron chi connectivity index (χ3n) is 6.20. The number of thiophene rings is 1. The zero-order valence-electron chi connectivity index (χ0n) is 21.9. The highest BCUT2D eigenvalue weighted by Crippen LogP contribution is 2.31. The monoisotopic (exact) mass is 585 g/mol. The fourth-order valence-electron chi connectivity index (χ4n) is 4.28. The summed E-state index contributed by atoms with van der Waals surface area (Å²) in [5, 5.41) is 49.5. The highest BCUT2D eigenvalue weighted by molar-refractivity contribution is 7.16. The SMILES string of the molecule is C.CC(C)n1c(=O)c(C(=O)NCCCN2CCCCC2)c(O)c2ccsc21.O=C(O)CC(O)(CC(=O)O)C(=O)O. The van der Waals surface area contributed by atoms with Gasteiger partial charge in [-0.2, -0.15) is 0 Å². The van der Waals surface area contributed by atoms with Gasteiger partial charge in [0.25, 0.3) is 11.5 Å². The van der Waals surface area contributed by atoms with Gasteiger partial charge < -0.3 is 35.7 Å². The topological polar surface area (TPSA) is 207 Å². The van der Waals surface area contributed by atoms with E-state index in [0.717, 1.165) is 26.1 Å². The average Bonchev–Trinajstić information content (AvgIpc) is 3.31. The maximum absolute atomic E-state index is 12.8. The average molecular weight is 586 g/mol. The molecule has 40 heavy (non-hydrogen) atoms. The molecule has 0 unspecified atom stereocenters. The number of fused-ring (bicyclic) bond motifs is 1. The van der Waals surface area contributed by atoms with Crippen LogP contribution < -0.4 is 10.9 Å². The predicted molar refractivity (Wildman–Crippen MR) is 149 cm³/mol. The molecule has 1 aliphatic rings. The first-order valence-electron chi connectivity index (χ1n) is 12.5. The molecule has 1 saturated heterocycles. The van der Waals surface area contributed by atoms with E-state index in [1.807, 2.05) is 19.2 Å². The third kappa shape index (κ3) is 9.03. The Morgan fingerprint density at radius 3 is 2.12 bits per heavy atom. The van der Waals surface area contributed by atoms with Gasteiger partial charge in [0.15, 0.2) is 5.60 Å². The minimum atomic E-state index is -2.74. The van der Waals surface area contributed by atoms with Gasteiger partial charge in [-0.1, -0.05) is 13.8 Å². The van der Waals surface area contributed by atoms with Gasteiger partial charge in [-0.3, -0.25) is 23.7 Å². The van der Waals surface area contributed by atoms with Crippen molar-refractivity contribution in [1.82, 2.24) is 14.8 Å². The molecule has 224 valence electrons. The smallest absolute Gasteiger partial charge is 0.336 e. The molecule has 14 heteroatoms. The Bertz CT molecular complexity index is 1230. The Hall–Kier alpha value is -3.49. The van der Waals surface area contributed by atoms with E-state index in [9.17, 15) is 29.1 Å². The lowest BCUT2D eigenvalue weighted by Gasteiger charge is -2.26. The van der Waals surface area contributed by atoms with Crippen LogP contribution >= 0.6 is 11.3 Å². The van der Waals surface area contributed by atoms with E-state index in [4.69, 9.17) is 20.4 Å². The first-order valence-corrected chi connectivity index (χ1v) is 13.4. The summed E-state index contributed by atoms with van der Waals surface area (Å²) in [7, 11) is 0. The van der Waals surface area contributed by atoms with Crippen LogP contribution in [0.3, 0.4) is 0 Å². The van der Waals surface area contributed by atoms with Crippen LogP contribution in [0.4, 0.5) is 0 Å². The van der Waals surface area contributed by atoms with Crippen LogP contribution in [-0.4, -0.2) is 90.6 Å². The van der Waals surface area contributed by atoms with Crippen LogP contribution in [-0.2, 0) is 14.4 Å². The van der Waals surface area contributed by atoms with Gasteiger partial charge in [-0.15, -0.1) is 11.3 Å². The summed E-state index contributed by atoms with van der Waals surface area (Å²) in [6.07, 6.45) is 2.35. The highest BCUT2D eigenvalue weighted by Gasteiger charge is 2.40. The van der Waals surface area contributed by atoms with Crippen LogP contribution in [0.2, 0.25) is 0 Å². The molecule has 3 rings (SSSR count). The lowest BCUT2D eigenvalue weighted by molar-refractivity contribution is -0.170. The number of amides is 1. The Kier molecular flexibility index (Phi) is 13.2. The minimum Gasteiger partial charge on any atom is -0.506 e. The van der Waals surface area contributed by atoms with Crippen molar-refractivity contribution in [2.45, 2.75) is 71.4 Å². The van der Waals surface area contributed by atoms with E-state index < -0.39 is 47.8 Å². The maximum atomic E-state index is 12.8. The van der Waals surface area contributed by atoms with Gasteiger partial charge >= 0.3 is 17.9 Å². The number of aliphatic hydroxyl groups is 1. The van der Waals surface area contributed by atoms with E-state index in [1.165, 1.54) is 30.6 Å². The summed E-state index contributed by atoms with van der Waals surface area (Å²) in [5.41, 5.74) is -3.32. The molecular weight excluding hydrogens is 546 g/mol. The fraction of sp³-hybridized carbons (Fsp3) is 0.577. The number of carboxylic acid groups (broad SMARTS) is 3. The summed E-state index contributed by atoms with van der Waals surface area (Å²) < 4.78 is 1.59. The van der Waals surface area contributed by atoms with E-state index in [2.05, 4.69) is 10.2 Å². The molecule has 0 atom stereocenters. The summed E-state index contributed by atoms with van der Waals surface area (Å²) in [5.74, 6) is -5.72. The van der Waals surface area contributed by atoms with E-state index in [0.29, 0.717) is 16.8 Å². The Labute approximate surface area is 235 Å². The van der Waals surface area contributed by atoms with Crippen LogP contribution in [0.25, 0.3) is 10.2 Å². The van der Waals surface area contributed by atoms with Gasteiger partial charge in [0.1, 0.15) is 16.1 Å². The first-order chi connectivity index (χ1) is 18.3. The summed E-state index contributed by atoms with van der Waals surface area (Å²) in [6, 6.07) is 1.66. The number of hydrogen-bond donors (Lipinski definition) is 6. The number of rotatable bonds is 11. The van der Waals surface area contributed by atoms with Gasteiger partial charge in [-0.25, -0.2) is 4.79 Å². The van der Waals surface area contributed by atoms with Crippen LogP contribution in [0.1, 0.15) is 76.2 Å². The third-order valence-corrected chi connectivity index (χ3v) is 7.11. The number of carbonyl (C=O) groups excluding carboxylic acids is 1. The van der Waals surface area contributed by atoms with Crippen molar-refractivity contribution >= 4 is 45.4 Å². The number of pyridine rings is 1. The number of carbonyl (C=O) groups is 4. The summed E-state index contributed by atoms with van der Waals surface area (Å²) >= 11 is 1.39. The standard InChI is InChI=1S/C19H27N3O3S.C6H8O7.CH4/c1-13(2)22-18(25)15(16(23)14-7-12-26-19(14)22)17(24)20-8-6-11-21-9-4-3-5-10-21;7-3(8)1-6(13,5(11)12)2-4(9)10;/h7,12-13,23H,3-6,8-11H2,1-2H3,(H,20,24);13H,1-2H2,(H,7,8)(H,9,10)(H,11,12);1H4. The van der Waals surface area contributed by atoms with Crippen molar-refractivity contribution in [2.24, 2.45) is 0 Å². The Morgan fingerprint density at radius 1 is 1.05 bits per heavy atom. The van der Waals surface area contributed by atoms with Crippen molar-refractivity contribution in [2.75, 3.05) is 26.2 Å². The molecule has 1 fully saturated rings. The summed E-state index contributed by atoms with van der Waals surface area (Å²) in [6.45, 7) is 7.50. The maximum Gasteiger partial charge on any atom is 0.336 e. The molecule has 0 saturated carbocycles. The van der Waals surface area contributed by atoms with E-state index in [-0.39, 0.29) is 24.8 Å². The number of aromatic nitrogens is 1. The molecule has 1 amide bonds. The minimum absolute atomic E-state index is 0. The van der Waals surface area contributed by atoms with Crippen LogP contribution in [0.15, 0.2) is 16.2 Å². The number of nitrogens with one attached hydrogen (secondary N) is 1. The van der Waals surface area contributed by atoms with Crippen molar-refractivity contribution in [1.29, 1.82) is 0 Å². The van der Waals surface area contributed by atoms with E-state index in [1.54, 1.807) is 10.6 Å². The Morgan fingerprint density at radius 2 is 1.62 bits per heavy atom. The molecule has 0 aromatic carbocycles. The molecule has 3 heterocycles. The zero-order valence-corrected chi connectivity index (χ0v) is 22.7. The van der Waals surface area contributed by atoms with Crippen LogP contribution in [0, 0.1) is 0 Å². The summed E-state index contributed by atoms with van der Waals surface area (Å²) in [4.78, 5) is 59.0. The molecule has 0 bridgehead atoms. The van der Waals surface area contributed by atoms with Crippen LogP contribution in [0.5, 0.6) is 5.75 Å². The highest BCUT2D eigenvalue weighted by atomic mass is 32.1. The van der Waals surface area contributed by atoms with Gasteiger partial charge in [0.05, 0.1) is 18.2 Å². The number of carboxylic acids is 3. The number of aliphatic carboxylic acids is 3. The lowest BCUT2D eigenvalue weighted by Crippen LogP contribution is -2.42. The van der Waals surface area contributed by atoms with Crippen molar-refractivity contribution in [3.63, 3.8) is 0 Å². The lowest BCUT2D eigenvalue weighted by atomic mass is 9.96. The second-order valence-electron chi connectivity index (χ2n) is 9.62. The number of hydrogen-bond acceptors (Lipinski definition) is 9. The first kappa shape index (κ1) is 34.5. The second-order valence-corrected chi connectivity index (χ2v) is 10.5.